The van der Waals surface area contributed by atoms with Crippen LogP contribution in [0.3, 0.4) is 0 Å². The molecule has 1 aliphatic heterocycles. The van der Waals surface area contributed by atoms with E-state index in [1.165, 1.54) is 17.5 Å². The summed E-state index contributed by atoms with van der Waals surface area (Å²) in [6.07, 6.45) is 2.34. The maximum Gasteiger partial charge on any atom is 0.161 e. The first kappa shape index (κ1) is 14.7. The second-order valence-electron chi connectivity index (χ2n) is 4.94. The molecule has 0 saturated carbocycles. The molecule has 1 aromatic carbocycles. The molecule has 106 valence electrons. The van der Waals surface area contributed by atoms with Crippen LogP contribution < -0.4 is 9.47 Å². The van der Waals surface area contributed by atoms with Crippen molar-refractivity contribution in [3.05, 3.63) is 23.3 Å². The van der Waals surface area contributed by atoms with Crippen LogP contribution in [-0.4, -0.2) is 27.4 Å². The van der Waals surface area contributed by atoms with Crippen molar-refractivity contribution in [2.45, 2.75) is 24.6 Å². The minimum Gasteiger partial charge on any atom is -0.493 e. The smallest absolute Gasteiger partial charge is 0.161 e. The van der Waals surface area contributed by atoms with Gasteiger partial charge in [-0.25, -0.2) is 0 Å². The van der Waals surface area contributed by atoms with Crippen molar-refractivity contribution in [1.29, 1.82) is 0 Å². The van der Waals surface area contributed by atoms with Gasteiger partial charge in [-0.05, 0) is 48.9 Å². The maximum absolute atomic E-state index is 5.58. The number of ether oxygens (including phenoxy) is 3. The first-order valence-electron chi connectivity index (χ1n) is 6.61. The van der Waals surface area contributed by atoms with Gasteiger partial charge < -0.3 is 14.2 Å². The zero-order chi connectivity index (χ0) is 13.8. The van der Waals surface area contributed by atoms with E-state index in [1.807, 2.05) is 6.07 Å². The molecule has 1 fully saturated rings. The highest BCUT2D eigenvalue weighted by atomic mass is 79.9. The molecule has 2 rings (SSSR count). The fraction of sp³-hybridized carbons (Fsp3) is 0.600. The van der Waals surface area contributed by atoms with Crippen molar-refractivity contribution in [3.8, 4) is 11.5 Å². The molecule has 1 aliphatic rings. The summed E-state index contributed by atoms with van der Waals surface area (Å²) >= 11 is 3.83. The Hall–Kier alpha value is -0.740. The van der Waals surface area contributed by atoms with Crippen LogP contribution in [0.4, 0.5) is 0 Å². The normalized spacial score (nSPS) is 20.9. The predicted octanol–water partition coefficient (Wildman–Crippen LogP) is 3.87. The van der Waals surface area contributed by atoms with Crippen LogP contribution in [0.5, 0.6) is 11.5 Å². The Balaban J connectivity index is 2.27. The number of benzene rings is 1. The maximum atomic E-state index is 5.58. The van der Waals surface area contributed by atoms with E-state index in [0.717, 1.165) is 31.1 Å². The molecule has 19 heavy (non-hydrogen) atoms. The van der Waals surface area contributed by atoms with Crippen LogP contribution in [0.2, 0.25) is 0 Å². The largest absolute Gasteiger partial charge is 0.493 e. The Morgan fingerprint density at radius 3 is 2.53 bits per heavy atom. The summed E-state index contributed by atoms with van der Waals surface area (Å²) in [5.41, 5.74) is 2.47. The average molecular weight is 329 g/mol. The molecule has 0 N–H and O–H groups in total. The molecule has 0 aromatic heterocycles. The highest BCUT2D eigenvalue weighted by Gasteiger charge is 2.25. The molecule has 1 heterocycles. The van der Waals surface area contributed by atoms with Gasteiger partial charge >= 0.3 is 0 Å². The van der Waals surface area contributed by atoms with E-state index < -0.39 is 0 Å². The number of methoxy groups -OCH3 is 2. The number of alkyl halides is 1. The zero-order valence-corrected chi connectivity index (χ0v) is 13.3. The molecule has 4 heteroatoms. The summed E-state index contributed by atoms with van der Waals surface area (Å²) in [6.45, 7) is 3.82. The molecule has 2 atom stereocenters. The molecular weight excluding hydrogens is 308 g/mol. The minimum absolute atomic E-state index is 0.299. The lowest BCUT2D eigenvalue weighted by Crippen LogP contribution is -2.21. The molecule has 3 nitrogen and oxygen atoms in total. The Labute approximate surface area is 123 Å². The molecule has 0 bridgehead atoms. The van der Waals surface area contributed by atoms with Crippen LogP contribution in [0.25, 0.3) is 0 Å². The Morgan fingerprint density at radius 2 is 1.95 bits per heavy atom. The summed E-state index contributed by atoms with van der Waals surface area (Å²) in [4.78, 5) is 0.299. The molecule has 0 spiro atoms. The number of hydrogen-bond acceptors (Lipinski definition) is 3. The minimum atomic E-state index is 0.299. The van der Waals surface area contributed by atoms with Gasteiger partial charge in [-0.15, -0.1) is 0 Å². The molecule has 0 aliphatic carbocycles. The van der Waals surface area contributed by atoms with Crippen LogP contribution in [-0.2, 0) is 4.74 Å². The fourth-order valence-corrected chi connectivity index (χ4v) is 3.45. The highest BCUT2D eigenvalue weighted by molar-refractivity contribution is 9.09. The van der Waals surface area contributed by atoms with Crippen LogP contribution in [0, 0.1) is 12.8 Å². The van der Waals surface area contributed by atoms with E-state index in [9.17, 15) is 0 Å². The molecule has 1 saturated heterocycles. The third-order valence-electron chi connectivity index (χ3n) is 3.68. The predicted molar refractivity (Wildman–Crippen MR) is 79.5 cm³/mol. The van der Waals surface area contributed by atoms with Gasteiger partial charge in [-0.3, -0.25) is 0 Å². The second-order valence-corrected chi connectivity index (χ2v) is 5.93. The third kappa shape index (κ3) is 3.23. The second kappa shape index (κ2) is 6.62. The van der Waals surface area contributed by atoms with Gasteiger partial charge in [0, 0.05) is 11.4 Å². The average Bonchev–Trinajstić information content (AvgIpc) is 2.47. The van der Waals surface area contributed by atoms with E-state index in [-0.39, 0.29) is 0 Å². The van der Waals surface area contributed by atoms with Crippen molar-refractivity contribution in [2.75, 3.05) is 27.4 Å². The van der Waals surface area contributed by atoms with Crippen LogP contribution in [0.15, 0.2) is 12.1 Å². The summed E-state index contributed by atoms with van der Waals surface area (Å²) in [6, 6.07) is 4.11. The SMILES string of the molecule is COc1cc(C)c(C(Br)C2CCCOC2)cc1OC. The number of rotatable bonds is 4. The monoisotopic (exact) mass is 328 g/mol. The van der Waals surface area contributed by atoms with Crippen molar-refractivity contribution < 1.29 is 14.2 Å². The van der Waals surface area contributed by atoms with Gasteiger partial charge in [-0.1, -0.05) is 15.9 Å². The van der Waals surface area contributed by atoms with Crippen LogP contribution in [0.1, 0.15) is 28.8 Å². The lowest BCUT2D eigenvalue weighted by molar-refractivity contribution is 0.0545. The molecule has 0 radical (unpaired) electrons. The summed E-state index contributed by atoms with van der Waals surface area (Å²) in [5.74, 6) is 2.08. The zero-order valence-electron chi connectivity index (χ0n) is 11.7. The molecule has 0 amide bonds. The van der Waals surface area contributed by atoms with Gasteiger partial charge in [0.2, 0.25) is 0 Å². The summed E-state index contributed by atoms with van der Waals surface area (Å²) < 4.78 is 16.3. The number of hydrogen-bond donors (Lipinski definition) is 0. The van der Waals surface area contributed by atoms with E-state index in [4.69, 9.17) is 14.2 Å². The van der Waals surface area contributed by atoms with E-state index in [1.54, 1.807) is 14.2 Å². The van der Waals surface area contributed by atoms with E-state index in [2.05, 4.69) is 28.9 Å². The first-order valence-corrected chi connectivity index (χ1v) is 7.53. The van der Waals surface area contributed by atoms with Gasteiger partial charge in [0.1, 0.15) is 0 Å². The van der Waals surface area contributed by atoms with Crippen molar-refractivity contribution in [2.24, 2.45) is 5.92 Å². The van der Waals surface area contributed by atoms with Crippen molar-refractivity contribution in [3.63, 3.8) is 0 Å². The summed E-state index contributed by atoms with van der Waals surface area (Å²) in [5, 5.41) is 0. The Morgan fingerprint density at radius 1 is 1.26 bits per heavy atom. The Bertz CT molecular complexity index is 428. The van der Waals surface area contributed by atoms with Crippen molar-refractivity contribution >= 4 is 15.9 Å². The highest BCUT2D eigenvalue weighted by Crippen LogP contribution is 2.41. The lowest BCUT2D eigenvalue weighted by atomic mass is 9.91. The van der Waals surface area contributed by atoms with Gasteiger partial charge in [0.25, 0.3) is 0 Å². The molecule has 1 aromatic rings. The van der Waals surface area contributed by atoms with E-state index in [0.29, 0.717) is 10.7 Å². The van der Waals surface area contributed by atoms with Gasteiger partial charge in [0.05, 0.1) is 20.8 Å². The van der Waals surface area contributed by atoms with E-state index >= 15 is 0 Å². The molecule has 2 unspecified atom stereocenters. The quantitative estimate of drug-likeness (QED) is 0.785. The first-order chi connectivity index (χ1) is 9.17. The number of halogens is 1. The van der Waals surface area contributed by atoms with Crippen LogP contribution >= 0.6 is 15.9 Å². The topological polar surface area (TPSA) is 27.7 Å². The fourth-order valence-electron chi connectivity index (χ4n) is 2.54. The summed E-state index contributed by atoms with van der Waals surface area (Å²) in [7, 11) is 3.33. The number of aryl methyl sites for hydroxylation is 1. The lowest BCUT2D eigenvalue weighted by Gasteiger charge is -2.28. The van der Waals surface area contributed by atoms with Gasteiger partial charge in [-0.2, -0.15) is 0 Å². The third-order valence-corrected chi connectivity index (χ3v) is 4.92. The van der Waals surface area contributed by atoms with Crippen molar-refractivity contribution in [1.82, 2.24) is 0 Å². The van der Waals surface area contributed by atoms with Gasteiger partial charge in [0.15, 0.2) is 11.5 Å². The molecular formula is C15H21BrO3. The standard InChI is InChI=1S/C15H21BrO3/c1-10-7-13(17-2)14(18-3)8-12(10)15(16)11-5-4-6-19-9-11/h7-8,11,15H,4-6,9H2,1-3H3. The Kier molecular flexibility index (Phi) is 5.11.